The molecule has 2 aliphatic rings. The van der Waals surface area contributed by atoms with Crippen molar-refractivity contribution in [3.05, 3.63) is 0 Å². The molecule has 0 atom stereocenters. The van der Waals surface area contributed by atoms with E-state index in [2.05, 4.69) is 11.9 Å². The van der Waals surface area contributed by atoms with Crippen molar-refractivity contribution in [3.8, 4) is 0 Å². The Hall–Kier alpha value is -1.10. The summed E-state index contributed by atoms with van der Waals surface area (Å²) in [7, 11) is 2.06. The van der Waals surface area contributed by atoms with Gasteiger partial charge in [0, 0.05) is 26.1 Å². The molecule has 1 aliphatic carbocycles. The molecule has 0 unspecified atom stereocenters. The largest absolute Gasteiger partial charge is 0.481 e. The first-order valence-corrected chi connectivity index (χ1v) is 7.73. The van der Waals surface area contributed by atoms with Crippen LogP contribution in [-0.2, 0) is 9.59 Å². The Morgan fingerprint density at radius 2 is 1.70 bits per heavy atom. The summed E-state index contributed by atoms with van der Waals surface area (Å²) < 4.78 is 0. The van der Waals surface area contributed by atoms with Gasteiger partial charge in [-0.3, -0.25) is 9.59 Å². The number of aliphatic carboxylic acids is 1. The van der Waals surface area contributed by atoms with Crippen LogP contribution in [0.4, 0.5) is 0 Å². The summed E-state index contributed by atoms with van der Waals surface area (Å²) in [5.41, 5.74) is -0.798. The molecule has 1 N–H and O–H groups in total. The fraction of sp³-hybridized carbons (Fsp3) is 0.867. The number of nitrogens with zero attached hydrogens (tertiary/aromatic N) is 2. The van der Waals surface area contributed by atoms with Crippen LogP contribution >= 0.6 is 0 Å². The number of rotatable bonds is 3. The monoisotopic (exact) mass is 282 g/mol. The van der Waals surface area contributed by atoms with E-state index in [0.29, 0.717) is 12.8 Å². The van der Waals surface area contributed by atoms with Crippen molar-refractivity contribution < 1.29 is 14.7 Å². The van der Waals surface area contributed by atoms with E-state index >= 15 is 0 Å². The third kappa shape index (κ3) is 3.51. The number of carbonyl (C=O) groups excluding carboxylic acids is 1. The van der Waals surface area contributed by atoms with Crippen molar-refractivity contribution in [2.45, 2.75) is 44.9 Å². The number of hydrogen-bond donors (Lipinski definition) is 1. The van der Waals surface area contributed by atoms with Crippen LogP contribution in [-0.4, -0.2) is 60.0 Å². The molecule has 5 heteroatoms. The normalized spacial score (nSPS) is 24.1. The van der Waals surface area contributed by atoms with Crippen LogP contribution in [0.15, 0.2) is 0 Å². The second-order valence-corrected chi connectivity index (χ2v) is 6.36. The molecule has 0 aromatic heterocycles. The molecule has 20 heavy (non-hydrogen) atoms. The maximum Gasteiger partial charge on any atom is 0.310 e. The average Bonchev–Trinajstić information content (AvgIpc) is 2.64. The average molecular weight is 282 g/mol. The molecule has 1 saturated heterocycles. The van der Waals surface area contributed by atoms with Crippen LogP contribution in [0.5, 0.6) is 0 Å². The van der Waals surface area contributed by atoms with Crippen molar-refractivity contribution in [2.75, 3.05) is 33.2 Å². The van der Waals surface area contributed by atoms with Crippen molar-refractivity contribution in [1.29, 1.82) is 0 Å². The predicted octanol–water partition coefficient (Wildman–Crippen LogP) is 1.58. The van der Waals surface area contributed by atoms with Crippen LogP contribution in [0.2, 0.25) is 0 Å². The van der Waals surface area contributed by atoms with Crippen LogP contribution in [0.3, 0.4) is 0 Å². The van der Waals surface area contributed by atoms with E-state index in [1.54, 1.807) is 0 Å². The van der Waals surface area contributed by atoms with E-state index in [1.165, 1.54) is 0 Å². The van der Waals surface area contributed by atoms with Gasteiger partial charge in [-0.2, -0.15) is 0 Å². The lowest BCUT2D eigenvalue weighted by Gasteiger charge is -2.34. The Morgan fingerprint density at radius 3 is 2.35 bits per heavy atom. The Kier molecular flexibility index (Phi) is 5.02. The van der Waals surface area contributed by atoms with Crippen molar-refractivity contribution in [3.63, 3.8) is 0 Å². The van der Waals surface area contributed by atoms with Gasteiger partial charge < -0.3 is 14.9 Å². The summed E-state index contributed by atoms with van der Waals surface area (Å²) in [5.74, 6) is -0.748. The van der Waals surface area contributed by atoms with E-state index in [-0.39, 0.29) is 12.3 Å². The van der Waals surface area contributed by atoms with Crippen LogP contribution in [0, 0.1) is 5.41 Å². The SMILES string of the molecule is CN1CCCN(C(=O)CC2(C(=O)O)CCCCC2)CC1. The lowest BCUT2D eigenvalue weighted by Crippen LogP contribution is -2.42. The standard InChI is InChI=1S/C15H26N2O3/c1-16-8-5-9-17(11-10-16)13(18)12-15(14(19)20)6-3-2-4-7-15/h2-12H2,1H3,(H,19,20). The van der Waals surface area contributed by atoms with E-state index in [1.807, 2.05) is 4.90 Å². The molecule has 0 radical (unpaired) electrons. The molecular weight excluding hydrogens is 256 g/mol. The van der Waals surface area contributed by atoms with Crippen LogP contribution in [0.25, 0.3) is 0 Å². The topological polar surface area (TPSA) is 60.9 Å². The first-order chi connectivity index (χ1) is 9.53. The zero-order valence-electron chi connectivity index (χ0n) is 12.4. The van der Waals surface area contributed by atoms with E-state index in [0.717, 1.165) is 51.9 Å². The molecule has 0 spiro atoms. The summed E-state index contributed by atoms with van der Waals surface area (Å²) in [4.78, 5) is 28.2. The molecule has 0 aromatic rings. The second-order valence-electron chi connectivity index (χ2n) is 6.36. The maximum absolute atomic E-state index is 12.5. The highest BCUT2D eigenvalue weighted by molar-refractivity contribution is 5.85. The summed E-state index contributed by atoms with van der Waals surface area (Å²) in [6, 6.07) is 0. The van der Waals surface area contributed by atoms with Crippen LogP contribution < -0.4 is 0 Å². The minimum absolute atomic E-state index is 0.0320. The number of carbonyl (C=O) groups is 2. The van der Waals surface area contributed by atoms with Gasteiger partial charge >= 0.3 is 5.97 Å². The van der Waals surface area contributed by atoms with Gasteiger partial charge in [-0.15, -0.1) is 0 Å². The van der Waals surface area contributed by atoms with Crippen LogP contribution in [0.1, 0.15) is 44.9 Å². The lowest BCUT2D eigenvalue weighted by molar-refractivity contribution is -0.156. The molecule has 0 bridgehead atoms. The summed E-state index contributed by atoms with van der Waals surface area (Å²) in [5, 5.41) is 9.55. The molecule has 2 fully saturated rings. The molecule has 2 rings (SSSR count). The molecule has 1 heterocycles. The zero-order chi connectivity index (χ0) is 14.6. The molecule has 114 valence electrons. The third-order valence-electron chi connectivity index (χ3n) is 4.83. The summed E-state index contributed by atoms with van der Waals surface area (Å²) >= 11 is 0. The molecular formula is C15H26N2O3. The number of hydrogen-bond acceptors (Lipinski definition) is 3. The second kappa shape index (κ2) is 6.57. The van der Waals surface area contributed by atoms with Gasteiger partial charge in [0.05, 0.1) is 5.41 Å². The van der Waals surface area contributed by atoms with Crippen molar-refractivity contribution in [1.82, 2.24) is 9.80 Å². The number of likely N-dealkylation sites (N-methyl/N-ethyl adjacent to an activating group) is 1. The minimum Gasteiger partial charge on any atom is -0.481 e. The van der Waals surface area contributed by atoms with Gasteiger partial charge in [0.25, 0.3) is 0 Å². The quantitative estimate of drug-likeness (QED) is 0.853. The van der Waals surface area contributed by atoms with Gasteiger partial charge in [0.2, 0.25) is 5.91 Å². The van der Waals surface area contributed by atoms with Gasteiger partial charge in [0.15, 0.2) is 0 Å². The van der Waals surface area contributed by atoms with E-state index < -0.39 is 11.4 Å². The Bertz CT molecular complexity index is 364. The first-order valence-electron chi connectivity index (χ1n) is 7.73. The molecule has 1 saturated carbocycles. The summed E-state index contributed by atoms with van der Waals surface area (Å²) in [6.45, 7) is 3.38. The zero-order valence-corrected chi connectivity index (χ0v) is 12.4. The summed E-state index contributed by atoms with van der Waals surface area (Å²) in [6.07, 6.45) is 5.43. The fourth-order valence-corrected chi connectivity index (χ4v) is 3.39. The number of carboxylic acid groups (broad SMARTS) is 1. The first kappa shape index (κ1) is 15.3. The Labute approximate surface area is 120 Å². The predicted molar refractivity (Wildman–Crippen MR) is 76.5 cm³/mol. The molecule has 0 aromatic carbocycles. The fourth-order valence-electron chi connectivity index (χ4n) is 3.39. The highest BCUT2D eigenvalue weighted by Crippen LogP contribution is 2.40. The third-order valence-corrected chi connectivity index (χ3v) is 4.83. The lowest BCUT2D eigenvalue weighted by atomic mass is 9.71. The number of carboxylic acids is 1. The van der Waals surface area contributed by atoms with Gasteiger partial charge in [-0.25, -0.2) is 0 Å². The Morgan fingerprint density at radius 1 is 1.00 bits per heavy atom. The van der Waals surface area contributed by atoms with Crippen molar-refractivity contribution in [2.24, 2.45) is 5.41 Å². The van der Waals surface area contributed by atoms with Gasteiger partial charge in [-0.1, -0.05) is 19.3 Å². The Balaban J connectivity index is 1.99. The smallest absolute Gasteiger partial charge is 0.310 e. The van der Waals surface area contributed by atoms with E-state index in [4.69, 9.17) is 0 Å². The highest BCUT2D eigenvalue weighted by Gasteiger charge is 2.42. The highest BCUT2D eigenvalue weighted by atomic mass is 16.4. The molecule has 1 aliphatic heterocycles. The number of amides is 1. The maximum atomic E-state index is 12.5. The van der Waals surface area contributed by atoms with Crippen molar-refractivity contribution >= 4 is 11.9 Å². The van der Waals surface area contributed by atoms with Gasteiger partial charge in [0.1, 0.15) is 0 Å². The minimum atomic E-state index is -0.798. The molecule has 1 amide bonds. The van der Waals surface area contributed by atoms with E-state index in [9.17, 15) is 14.7 Å². The molecule has 5 nitrogen and oxygen atoms in total. The van der Waals surface area contributed by atoms with Gasteiger partial charge in [-0.05, 0) is 32.9 Å².